The van der Waals surface area contributed by atoms with Gasteiger partial charge in [-0.3, -0.25) is 4.90 Å². The van der Waals surface area contributed by atoms with Gasteiger partial charge in [-0.15, -0.1) is 0 Å². The summed E-state index contributed by atoms with van der Waals surface area (Å²) < 4.78 is 36.9. The number of halogens is 3. The second-order valence-corrected chi connectivity index (χ2v) is 6.99. The molecule has 2 saturated heterocycles. The van der Waals surface area contributed by atoms with Crippen molar-refractivity contribution in [1.82, 2.24) is 10.2 Å². The van der Waals surface area contributed by atoms with Gasteiger partial charge in [-0.25, -0.2) is 0 Å². The minimum atomic E-state index is -4.21. The molecular formula is C15H19F3N2S. The van der Waals surface area contributed by atoms with Crippen molar-refractivity contribution >= 4 is 11.8 Å². The summed E-state index contributed by atoms with van der Waals surface area (Å²) in [6.45, 7) is 4.07. The first-order valence-electron chi connectivity index (χ1n) is 7.30. The molecule has 6 heteroatoms. The summed E-state index contributed by atoms with van der Waals surface area (Å²) in [5.41, 5.74) is -3.13. The van der Waals surface area contributed by atoms with Gasteiger partial charge in [-0.2, -0.15) is 13.2 Å². The van der Waals surface area contributed by atoms with E-state index in [-0.39, 0.29) is 16.7 Å². The fourth-order valence-corrected chi connectivity index (χ4v) is 3.86. The lowest BCUT2D eigenvalue weighted by atomic mass is 9.94. The first-order chi connectivity index (χ1) is 9.99. The van der Waals surface area contributed by atoms with E-state index in [0.717, 1.165) is 37.7 Å². The molecule has 116 valence electrons. The average Bonchev–Trinajstić information content (AvgIpc) is 2.81. The summed E-state index contributed by atoms with van der Waals surface area (Å²) in [5, 5.41) is 3.56. The van der Waals surface area contributed by atoms with Gasteiger partial charge in [0.25, 0.3) is 0 Å². The van der Waals surface area contributed by atoms with Crippen LogP contribution < -0.4 is 5.32 Å². The highest BCUT2D eigenvalue weighted by Gasteiger charge is 2.34. The summed E-state index contributed by atoms with van der Waals surface area (Å²) in [4.78, 5) is 2.66. The van der Waals surface area contributed by atoms with Crippen molar-refractivity contribution in [3.8, 4) is 0 Å². The fraction of sp³-hybridized carbons (Fsp3) is 0.600. The van der Waals surface area contributed by atoms with Crippen LogP contribution in [0.3, 0.4) is 0 Å². The molecule has 2 atom stereocenters. The van der Waals surface area contributed by atoms with Crippen LogP contribution >= 0.6 is 11.8 Å². The molecule has 1 N–H and O–H groups in total. The maximum atomic E-state index is 12.3. The van der Waals surface area contributed by atoms with Crippen molar-refractivity contribution in [3.63, 3.8) is 0 Å². The van der Waals surface area contributed by atoms with E-state index in [1.54, 1.807) is 12.1 Å². The maximum absolute atomic E-state index is 12.3. The molecule has 0 unspecified atom stereocenters. The van der Waals surface area contributed by atoms with Crippen LogP contribution in [0.25, 0.3) is 0 Å². The Morgan fingerprint density at radius 1 is 1.19 bits per heavy atom. The van der Waals surface area contributed by atoms with Gasteiger partial charge in [-0.05, 0) is 54.8 Å². The molecule has 1 aromatic carbocycles. The number of benzene rings is 1. The van der Waals surface area contributed by atoms with Crippen molar-refractivity contribution in [2.24, 2.45) is 5.92 Å². The predicted octanol–water partition coefficient (Wildman–Crippen LogP) is 3.48. The Bertz CT molecular complexity index is 461. The maximum Gasteiger partial charge on any atom is 0.446 e. The number of fused-ring (bicyclic) bond motifs is 1. The molecule has 21 heavy (non-hydrogen) atoms. The largest absolute Gasteiger partial charge is 0.446 e. The Labute approximate surface area is 127 Å². The Hall–Kier alpha value is -0.720. The zero-order valence-corrected chi connectivity index (χ0v) is 12.5. The van der Waals surface area contributed by atoms with E-state index < -0.39 is 5.51 Å². The molecule has 3 rings (SSSR count). The monoisotopic (exact) mass is 316 g/mol. The molecule has 0 aliphatic carbocycles. The summed E-state index contributed by atoms with van der Waals surface area (Å²) in [6, 6.07) is 7.34. The summed E-state index contributed by atoms with van der Waals surface area (Å²) in [5.74, 6) is 0.735. The molecule has 2 nitrogen and oxygen atoms in total. The molecular weight excluding hydrogens is 297 g/mol. The summed E-state index contributed by atoms with van der Waals surface area (Å²) in [6.07, 6.45) is 2.54. The van der Waals surface area contributed by atoms with E-state index in [4.69, 9.17) is 0 Å². The number of rotatable bonds is 3. The number of hydrogen-bond acceptors (Lipinski definition) is 3. The number of nitrogens with zero attached hydrogens (tertiary/aromatic N) is 1. The topological polar surface area (TPSA) is 15.3 Å². The molecule has 2 aliphatic rings. The Morgan fingerprint density at radius 3 is 2.62 bits per heavy atom. The highest BCUT2D eigenvalue weighted by Crippen LogP contribution is 2.36. The number of hydrogen-bond donors (Lipinski definition) is 1. The van der Waals surface area contributed by atoms with Crippen LogP contribution in [0.5, 0.6) is 0 Å². The number of piperidine rings is 1. The van der Waals surface area contributed by atoms with Crippen LogP contribution in [-0.2, 0) is 6.54 Å². The van der Waals surface area contributed by atoms with Crippen molar-refractivity contribution in [2.75, 3.05) is 19.6 Å². The second-order valence-electron chi connectivity index (χ2n) is 5.85. The van der Waals surface area contributed by atoms with Gasteiger partial charge in [0.1, 0.15) is 0 Å². The van der Waals surface area contributed by atoms with Gasteiger partial charge in [-0.1, -0.05) is 12.1 Å². The van der Waals surface area contributed by atoms with Crippen LogP contribution in [0, 0.1) is 5.92 Å². The van der Waals surface area contributed by atoms with Crippen LogP contribution in [0.4, 0.5) is 13.2 Å². The van der Waals surface area contributed by atoms with Gasteiger partial charge in [0.2, 0.25) is 0 Å². The van der Waals surface area contributed by atoms with Crippen LogP contribution in [-0.4, -0.2) is 36.1 Å². The Balaban J connectivity index is 1.56. The second kappa shape index (κ2) is 6.18. The van der Waals surface area contributed by atoms with Crippen molar-refractivity contribution in [3.05, 3.63) is 29.8 Å². The number of nitrogens with one attached hydrogen (secondary N) is 1. The van der Waals surface area contributed by atoms with Crippen molar-refractivity contribution in [1.29, 1.82) is 0 Å². The minimum absolute atomic E-state index is 0.0551. The Kier molecular flexibility index (Phi) is 4.47. The standard InChI is InChI=1S/C15H19F3N2S/c16-15(17,18)21-13-5-3-11(4-6-13)8-20-9-12-2-1-7-19-14(12)10-20/h3-6,12,14,19H,1-2,7-10H2/t12-,14+/m0/s1. The molecule has 0 saturated carbocycles. The van der Waals surface area contributed by atoms with Crippen molar-refractivity contribution in [2.45, 2.75) is 35.8 Å². The van der Waals surface area contributed by atoms with Gasteiger partial charge >= 0.3 is 5.51 Å². The lowest BCUT2D eigenvalue weighted by molar-refractivity contribution is -0.0328. The molecule has 1 aromatic rings. The minimum Gasteiger partial charge on any atom is -0.312 e. The van der Waals surface area contributed by atoms with Crippen molar-refractivity contribution < 1.29 is 13.2 Å². The normalized spacial score (nSPS) is 26.8. The molecule has 2 aliphatic heterocycles. The first kappa shape index (κ1) is 15.2. The van der Waals surface area contributed by atoms with E-state index >= 15 is 0 Å². The predicted molar refractivity (Wildman–Crippen MR) is 78.1 cm³/mol. The highest BCUT2D eigenvalue weighted by atomic mass is 32.2. The van der Waals surface area contributed by atoms with Gasteiger partial charge in [0.05, 0.1) is 0 Å². The number of alkyl halides is 3. The molecule has 0 amide bonds. The van der Waals surface area contributed by atoms with Crippen LogP contribution in [0.2, 0.25) is 0 Å². The molecule has 2 fully saturated rings. The van der Waals surface area contributed by atoms with E-state index in [1.165, 1.54) is 12.8 Å². The summed E-state index contributed by atoms with van der Waals surface area (Å²) >= 11 is -0.0551. The smallest absolute Gasteiger partial charge is 0.312 e. The third-order valence-electron chi connectivity index (χ3n) is 4.24. The molecule has 0 radical (unpaired) electrons. The third kappa shape index (κ3) is 4.14. The van der Waals surface area contributed by atoms with E-state index in [9.17, 15) is 13.2 Å². The lowest BCUT2D eigenvalue weighted by Crippen LogP contribution is -2.40. The van der Waals surface area contributed by atoms with Gasteiger partial charge in [0, 0.05) is 30.6 Å². The average molecular weight is 316 g/mol. The molecule has 2 heterocycles. The number of thioether (sulfide) groups is 1. The third-order valence-corrected chi connectivity index (χ3v) is 4.98. The first-order valence-corrected chi connectivity index (χ1v) is 8.12. The van der Waals surface area contributed by atoms with Gasteiger partial charge in [0.15, 0.2) is 0 Å². The zero-order valence-electron chi connectivity index (χ0n) is 11.7. The SMILES string of the molecule is FC(F)(F)Sc1ccc(CN2C[C@@H]3CCCN[C@@H]3C2)cc1. The Morgan fingerprint density at radius 2 is 1.95 bits per heavy atom. The van der Waals surface area contributed by atoms with Crippen LogP contribution in [0.15, 0.2) is 29.2 Å². The number of likely N-dealkylation sites (tertiary alicyclic amines) is 1. The molecule has 0 spiro atoms. The summed E-state index contributed by atoms with van der Waals surface area (Å²) in [7, 11) is 0. The lowest BCUT2D eigenvalue weighted by Gasteiger charge is -2.24. The van der Waals surface area contributed by atoms with Crippen LogP contribution in [0.1, 0.15) is 18.4 Å². The van der Waals surface area contributed by atoms with E-state index in [0.29, 0.717) is 6.04 Å². The highest BCUT2D eigenvalue weighted by molar-refractivity contribution is 8.00. The molecule has 0 bridgehead atoms. The van der Waals surface area contributed by atoms with E-state index in [2.05, 4.69) is 10.2 Å². The quantitative estimate of drug-likeness (QED) is 0.860. The fourth-order valence-electron chi connectivity index (χ4n) is 3.32. The molecule has 0 aromatic heterocycles. The van der Waals surface area contributed by atoms with Gasteiger partial charge < -0.3 is 5.32 Å². The zero-order chi connectivity index (χ0) is 14.9. The van der Waals surface area contributed by atoms with E-state index in [1.807, 2.05) is 12.1 Å².